The summed E-state index contributed by atoms with van der Waals surface area (Å²) in [6.45, 7) is 7.46. The van der Waals surface area contributed by atoms with Crippen LogP contribution >= 0.6 is 0 Å². The summed E-state index contributed by atoms with van der Waals surface area (Å²) in [5, 5.41) is 3.07. The number of nitrogens with one attached hydrogen (secondary N) is 1. The maximum atomic E-state index is 12.9. The number of piperidine rings is 1. The van der Waals surface area contributed by atoms with E-state index in [-0.39, 0.29) is 11.7 Å². The van der Waals surface area contributed by atoms with Crippen LogP contribution in [0.4, 0.5) is 4.39 Å². The molecule has 0 aliphatic carbocycles. The average molecular weight is 320 g/mol. The Balaban J connectivity index is 1.83. The molecule has 1 aliphatic rings. The SMILES string of the molecule is CC(C)CC(CNC(=O)Cc1ccc(F)cc1)N1CCCCC1. The molecule has 2 rings (SSSR count). The Morgan fingerprint density at radius 2 is 1.83 bits per heavy atom. The molecule has 1 unspecified atom stereocenters. The van der Waals surface area contributed by atoms with Crippen LogP contribution in [0.1, 0.15) is 45.1 Å². The van der Waals surface area contributed by atoms with Crippen molar-refractivity contribution < 1.29 is 9.18 Å². The van der Waals surface area contributed by atoms with Gasteiger partial charge in [-0.1, -0.05) is 32.4 Å². The lowest BCUT2D eigenvalue weighted by atomic mass is 9.99. The number of halogens is 1. The molecule has 0 bridgehead atoms. The molecule has 3 nitrogen and oxygen atoms in total. The van der Waals surface area contributed by atoms with Gasteiger partial charge in [0.05, 0.1) is 6.42 Å². The maximum absolute atomic E-state index is 12.9. The number of rotatable bonds is 7. The first kappa shape index (κ1) is 17.9. The fraction of sp³-hybridized carbons (Fsp3) is 0.632. The monoisotopic (exact) mass is 320 g/mol. The Hall–Kier alpha value is -1.42. The van der Waals surface area contributed by atoms with Crippen molar-refractivity contribution in [1.29, 1.82) is 0 Å². The van der Waals surface area contributed by atoms with Gasteiger partial charge in [-0.25, -0.2) is 4.39 Å². The molecule has 1 saturated heterocycles. The predicted molar refractivity (Wildman–Crippen MR) is 91.8 cm³/mol. The van der Waals surface area contributed by atoms with Gasteiger partial charge < -0.3 is 5.32 Å². The van der Waals surface area contributed by atoms with Gasteiger partial charge in [-0.3, -0.25) is 9.69 Å². The van der Waals surface area contributed by atoms with Crippen molar-refractivity contribution >= 4 is 5.91 Å². The van der Waals surface area contributed by atoms with E-state index in [1.807, 2.05) is 0 Å². The van der Waals surface area contributed by atoms with Crippen LogP contribution < -0.4 is 5.32 Å². The summed E-state index contributed by atoms with van der Waals surface area (Å²) in [5.41, 5.74) is 0.849. The van der Waals surface area contributed by atoms with E-state index in [9.17, 15) is 9.18 Å². The fourth-order valence-corrected chi connectivity index (χ4v) is 3.27. The van der Waals surface area contributed by atoms with Gasteiger partial charge in [0.15, 0.2) is 0 Å². The second kappa shape index (κ2) is 9.02. The van der Waals surface area contributed by atoms with Crippen LogP contribution in [0, 0.1) is 11.7 Å². The maximum Gasteiger partial charge on any atom is 0.224 e. The lowest BCUT2D eigenvalue weighted by Gasteiger charge is -2.35. The summed E-state index contributed by atoms with van der Waals surface area (Å²) < 4.78 is 12.9. The second-order valence-corrected chi connectivity index (χ2v) is 6.99. The molecule has 1 atom stereocenters. The van der Waals surface area contributed by atoms with E-state index in [4.69, 9.17) is 0 Å². The van der Waals surface area contributed by atoms with E-state index in [0.29, 0.717) is 24.9 Å². The van der Waals surface area contributed by atoms with E-state index >= 15 is 0 Å². The van der Waals surface area contributed by atoms with Gasteiger partial charge in [0.2, 0.25) is 5.91 Å². The highest BCUT2D eigenvalue weighted by atomic mass is 19.1. The Bertz CT molecular complexity index is 481. The van der Waals surface area contributed by atoms with E-state index < -0.39 is 0 Å². The standard InChI is InChI=1S/C19H29FN2O/c1-15(2)12-18(22-10-4-3-5-11-22)14-21-19(23)13-16-6-8-17(20)9-7-16/h6-9,15,18H,3-5,10-14H2,1-2H3,(H,21,23). The van der Waals surface area contributed by atoms with Gasteiger partial charge >= 0.3 is 0 Å². The second-order valence-electron chi connectivity index (χ2n) is 6.99. The van der Waals surface area contributed by atoms with Crippen LogP contribution in [0.25, 0.3) is 0 Å². The van der Waals surface area contributed by atoms with Gasteiger partial charge in [0, 0.05) is 12.6 Å². The van der Waals surface area contributed by atoms with Crippen LogP contribution in [0.5, 0.6) is 0 Å². The molecule has 0 aromatic heterocycles. The van der Waals surface area contributed by atoms with Crippen LogP contribution in [0.3, 0.4) is 0 Å². The van der Waals surface area contributed by atoms with Crippen molar-refractivity contribution in [1.82, 2.24) is 10.2 Å². The fourth-order valence-electron chi connectivity index (χ4n) is 3.27. The molecule has 4 heteroatoms. The van der Waals surface area contributed by atoms with Crippen molar-refractivity contribution in [3.8, 4) is 0 Å². The Labute approximate surface area is 139 Å². The highest BCUT2D eigenvalue weighted by Crippen LogP contribution is 2.17. The normalized spacial score (nSPS) is 17.2. The molecular formula is C19H29FN2O. The first-order chi connectivity index (χ1) is 11.0. The number of carbonyl (C=O) groups is 1. The molecule has 0 saturated carbocycles. The minimum absolute atomic E-state index is 0.0161. The van der Waals surface area contributed by atoms with Gasteiger partial charge in [0.25, 0.3) is 0 Å². The Morgan fingerprint density at radius 1 is 1.17 bits per heavy atom. The van der Waals surface area contributed by atoms with Crippen molar-refractivity contribution in [3.05, 3.63) is 35.6 Å². The zero-order valence-corrected chi connectivity index (χ0v) is 14.4. The Kier molecular flexibility index (Phi) is 7.03. The number of carbonyl (C=O) groups excluding carboxylic acids is 1. The summed E-state index contributed by atoms with van der Waals surface area (Å²) in [7, 11) is 0. The van der Waals surface area contributed by atoms with E-state index in [1.54, 1.807) is 12.1 Å². The largest absolute Gasteiger partial charge is 0.354 e. The van der Waals surface area contributed by atoms with Crippen molar-refractivity contribution in [2.45, 2.75) is 52.0 Å². The zero-order valence-electron chi connectivity index (χ0n) is 14.4. The molecule has 1 amide bonds. The first-order valence-electron chi connectivity index (χ1n) is 8.80. The summed E-state index contributed by atoms with van der Waals surface area (Å²) >= 11 is 0. The minimum Gasteiger partial charge on any atom is -0.354 e. The van der Waals surface area contributed by atoms with E-state index in [0.717, 1.165) is 25.1 Å². The molecule has 1 heterocycles. The van der Waals surface area contributed by atoms with Crippen molar-refractivity contribution in [2.24, 2.45) is 5.92 Å². The third-order valence-electron chi connectivity index (χ3n) is 4.46. The molecule has 1 aliphatic heterocycles. The zero-order chi connectivity index (χ0) is 16.7. The number of amides is 1. The highest BCUT2D eigenvalue weighted by molar-refractivity contribution is 5.78. The topological polar surface area (TPSA) is 32.3 Å². The lowest BCUT2D eigenvalue weighted by molar-refractivity contribution is -0.120. The Morgan fingerprint density at radius 3 is 2.43 bits per heavy atom. The van der Waals surface area contributed by atoms with Crippen LogP contribution in [0.15, 0.2) is 24.3 Å². The molecule has 1 N–H and O–H groups in total. The molecule has 1 fully saturated rings. The van der Waals surface area contributed by atoms with E-state index in [2.05, 4.69) is 24.1 Å². The summed E-state index contributed by atoms with van der Waals surface area (Å²) in [6.07, 6.45) is 5.27. The molecule has 0 radical (unpaired) electrons. The van der Waals surface area contributed by atoms with Gasteiger partial charge in [-0.2, -0.15) is 0 Å². The average Bonchev–Trinajstić information content (AvgIpc) is 2.54. The molecule has 1 aromatic rings. The summed E-state index contributed by atoms with van der Waals surface area (Å²) in [6, 6.07) is 6.57. The smallest absolute Gasteiger partial charge is 0.224 e. The number of nitrogens with zero attached hydrogens (tertiary/aromatic N) is 1. The summed E-state index contributed by atoms with van der Waals surface area (Å²) in [4.78, 5) is 14.7. The molecule has 1 aromatic carbocycles. The third-order valence-corrected chi connectivity index (χ3v) is 4.46. The number of hydrogen-bond acceptors (Lipinski definition) is 2. The van der Waals surface area contributed by atoms with Crippen LogP contribution in [0.2, 0.25) is 0 Å². The molecule has 128 valence electrons. The lowest BCUT2D eigenvalue weighted by Crippen LogP contribution is -2.47. The highest BCUT2D eigenvalue weighted by Gasteiger charge is 2.22. The number of likely N-dealkylation sites (tertiary alicyclic amines) is 1. The van der Waals surface area contributed by atoms with E-state index in [1.165, 1.54) is 31.4 Å². The predicted octanol–water partition coefficient (Wildman–Crippen LogP) is 3.39. The molecular weight excluding hydrogens is 291 g/mol. The van der Waals surface area contributed by atoms with Crippen molar-refractivity contribution in [2.75, 3.05) is 19.6 Å². The van der Waals surface area contributed by atoms with Gasteiger partial charge in [-0.15, -0.1) is 0 Å². The van der Waals surface area contributed by atoms with Crippen molar-refractivity contribution in [3.63, 3.8) is 0 Å². The van der Waals surface area contributed by atoms with Crippen LogP contribution in [-0.2, 0) is 11.2 Å². The molecule has 0 spiro atoms. The quantitative estimate of drug-likeness (QED) is 0.835. The van der Waals surface area contributed by atoms with Gasteiger partial charge in [0.1, 0.15) is 5.82 Å². The molecule has 23 heavy (non-hydrogen) atoms. The minimum atomic E-state index is -0.267. The summed E-state index contributed by atoms with van der Waals surface area (Å²) in [5.74, 6) is 0.370. The van der Waals surface area contributed by atoms with Crippen LogP contribution in [-0.4, -0.2) is 36.5 Å². The third kappa shape index (κ3) is 6.30. The first-order valence-corrected chi connectivity index (χ1v) is 8.80. The number of benzene rings is 1. The van der Waals surface area contributed by atoms with Gasteiger partial charge in [-0.05, 0) is 56.0 Å². The number of hydrogen-bond donors (Lipinski definition) is 1.